The predicted molar refractivity (Wildman–Crippen MR) is 43.9 cm³/mol. The zero-order valence-electron chi connectivity index (χ0n) is 7.90. The smallest absolute Gasteiger partial charge is 0.346 e. The molecule has 0 spiro atoms. The third-order valence-electron chi connectivity index (χ3n) is 1.80. The highest BCUT2D eigenvalue weighted by Crippen LogP contribution is 2.29. The van der Waals surface area contributed by atoms with Crippen LogP contribution in [0.1, 0.15) is 27.2 Å². The van der Waals surface area contributed by atoms with Crippen LogP contribution in [0.25, 0.3) is 0 Å². The van der Waals surface area contributed by atoms with Gasteiger partial charge < -0.3 is 9.99 Å². The molecule has 0 fully saturated rings. The minimum absolute atomic E-state index is 0.344. The molecule has 0 radical (unpaired) electrons. The Balaban J connectivity index is 4.56. The molecule has 0 aliphatic rings. The molecule has 0 saturated heterocycles. The first-order valence-corrected chi connectivity index (χ1v) is 3.86. The van der Waals surface area contributed by atoms with Crippen molar-refractivity contribution in [2.75, 3.05) is 0 Å². The highest BCUT2D eigenvalue weighted by atomic mass is 17.1. The number of hydrogen-bond donors (Lipinski definition) is 2. The lowest BCUT2D eigenvalue weighted by atomic mass is 9.79. The molecule has 1 atom stereocenters. The van der Waals surface area contributed by atoms with E-state index in [4.69, 9.17) is 10.4 Å². The van der Waals surface area contributed by atoms with Gasteiger partial charge in [0.05, 0.1) is 12.3 Å². The molecule has 0 aliphatic carbocycles. The summed E-state index contributed by atoms with van der Waals surface area (Å²) in [5.74, 6) is -2.84. The van der Waals surface area contributed by atoms with Gasteiger partial charge in [-0.3, -0.25) is 4.79 Å². The minimum Gasteiger partial charge on any atom is -0.481 e. The van der Waals surface area contributed by atoms with Crippen molar-refractivity contribution in [1.29, 1.82) is 0 Å². The molecule has 0 aromatic rings. The number of carbonyl (C=O) groups excluding carboxylic acids is 1. The van der Waals surface area contributed by atoms with Gasteiger partial charge in [-0.1, -0.05) is 20.8 Å². The van der Waals surface area contributed by atoms with E-state index in [-0.39, 0.29) is 6.42 Å². The van der Waals surface area contributed by atoms with Gasteiger partial charge in [0.1, 0.15) is 0 Å². The number of carboxylic acid groups (broad SMARTS) is 1. The maximum atomic E-state index is 11.0. The van der Waals surface area contributed by atoms with E-state index in [9.17, 15) is 9.59 Å². The number of carbonyl (C=O) groups is 2. The van der Waals surface area contributed by atoms with Gasteiger partial charge in [-0.15, -0.1) is 0 Å². The fourth-order valence-electron chi connectivity index (χ4n) is 0.981. The van der Waals surface area contributed by atoms with Crippen LogP contribution in [0, 0.1) is 11.3 Å². The Morgan fingerprint density at radius 1 is 1.38 bits per heavy atom. The third-order valence-corrected chi connectivity index (χ3v) is 1.80. The van der Waals surface area contributed by atoms with Crippen LogP contribution in [0.2, 0.25) is 0 Å². The topological polar surface area (TPSA) is 83.8 Å². The van der Waals surface area contributed by atoms with Crippen molar-refractivity contribution in [3.8, 4) is 0 Å². The molecule has 13 heavy (non-hydrogen) atoms. The van der Waals surface area contributed by atoms with Gasteiger partial charge in [-0.2, -0.15) is 5.26 Å². The second kappa shape index (κ2) is 4.23. The first kappa shape index (κ1) is 11.9. The average Bonchev–Trinajstić information content (AvgIpc) is 1.96. The van der Waals surface area contributed by atoms with Crippen molar-refractivity contribution in [2.45, 2.75) is 27.2 Å². The van der Waals surface area contributed by atoms with Gasteiger partial charge in [0, 0.05) is 0 Å². The van der Waals surface area contributed by atoms with E-state index in [1.54, 1.807) is 20.8 Å². The zero-order valence-corrected chi connectivity index (χ0v) is 7.90. The molecule has 0 heterocycles. The van der Waals surface area contributed by atoms with Crippen LogP contribution in [0.3, 0.4) is 0 Å². The van der Waals surface area contributed by atoms with Crippen LogP contribution in [0.5, 0.6) is 0 Å². The third kappa shape index (κ3) is 3.89. The molecule has 0 aromatic heterocycles. The summed E-state index contributed by atoms with van der Waals surface area (Å²) in [6, 6.07) is 0. The van der Waals surface area contributed by atoms with Crippen LogP contribution in [0.15, 0.2) is 0 Å². The molecule has 2 N–H and O–H groups in total. The molecule has 5 nitrogen and oxygen atoms in total. The summed E-state index contributed by atoms with van der Waals surface area (Å²) in [5, 5.41) is 16.6. The van der Waals surface area contributed by atoms with E-state index in [2.05, 4.69) is 4.89 Å². The molecule has 76 valence electrons. The predicted octanol–water partition coefficient (Wildman–Crippen LogP) is 1.14. The summed E-state index contributed by atoms with van der Waals surface area (Å²) in [4.78, 5) is 24.9. The Kier molecular flexibility index (Phi) is 3.87. The normalized spacial score (nSPS) is 13.5. The summed E-state index contributed by atoms with van der Waals surface area (Å²) in [6.07, 6.45) is -0.344. The fourth-order valence-corrected chi connectivity index (χ4v) is 0.981. The van der Waals surface area contributed by atoms with Crippen molar-refractivity contribution in [3.63, 3.8) is 0 Å². The molecule has 0 bridgehead atoms. The maximum Gasteiger partial charge on any atom is 0.346 e. The number of rotatable bonds is 3. The van der Waals surface area contributed by atoms with Crippen molar-refractivity contribution in [3.05, 3.63) is 0 Å². The molecular weight excluding hydrogens is 176 g/mol. The molecule has 0 rings (SSSR count). The summed E-state index contributed by atoms with van der Waals surface area (Å²) in [7, 11) is 0. The van der Waals surface area contributed by atoms with E-state index in [0.29, 0.717) is 0 Å². The Morgan fingerprint density at radius 3 is 2.08 bits per heavy atom. The molecule has 5 heteroatoms. The molecule has 0 saturated carbocycles. The second-order valence-corrected chi connectivity index (χ2v) is 3.93. The van der Waals surface area contributed by atoms with Gasteiger partial charge >= 0.3 is 11.9 Å². The van der Waals surface area contributed by atoms with Gasteiger partial charge in [0.15, 0.2) is 0 Å². The van der Waals surface area contributed by atoms with Crippen LogP contribution in [-0.4, -0.2) is 22.3 Å². The number of carboxylic acids is 1. The van der Waals surface area contributed by atoms with Crippen molar-refractivity contribution in [2.24, 2.45) is 11.3 Å². The standard InChI is InChI=1S/C8H14O5/c1-8(2,3)5(4-6(9)10)7(11)13-12/h5,12H,4H2,1-3H3,(H,9,10). The quantitative estimate of drug-likeness (QED) is 0.515. The van der Waals surface area contributed by atoms with E-state index >= 15 is 0 Å². The van der Waals surface area contributed by atoms with Crippen LogP contribution < -0.4 is 0 Å². The lowest BCUT2D eigenvalue weighted by Gasteiger charge is -2.25. The van der Waals surface area contributed by atoms with E-state index < -0.39 is 23.3 Å². The highest BCUT2D eigenvalue weighted by Gasteiger charge is 2.34. The summed E-state index contributed by atoms with van der Waals surface area (Å²) in [5.41, 5.74) is -0.543. The van der Waals surface area contributed by atoms with Crippen molar-refractivity contribution >= 4 is 11.9 Å². The van der Waals surface area contributed by atoms with Crippen molar-refractivity contribution < 1.29 is 24.8 Å². The zero-order chi connectivity index (χ0) is 10.6. The van der Waals surface area contributed by atoms with Crippen LogP contribution >= 0.6 is 0 Å². The second-order valence-electron chi connectivity index (χ2n) is 3.93. The lowest BCUT2D eigenvalue weighted by Crippen LogP contribution is -2.31. The summed E-state index contributed by atoms with van der Waals surface area (Å²) < 4.78 is 0. The maximum absolute atomic E-state index is 11.0. The largest absolute Gasteiger partial charge is 0.481 e. The highest BCUT2D eigenvalue weighted by molar-refractivity contribution is 5.79. The van der Waals surface area contributed by atoms with E-state index in [1.807, 2.05) is 0 Å². The first-order valence-electron chi connectivity index (χ1n) is 3.86. The average molecular weight is 190 g/mol. The van der Waals surface area contributed by atoms with Gasteiger partial charge in [0.2, 0.25) is 0 Å². The van der Waals surface area contributed by atoms with Gasteiger partial charge in [-0.25, -0.2) is 4.79 Å². The van der Waals surface area contributed by atoms with E-state index in [1.165, 1.54) is 0 Å². The molecule has 0 amide bonds. The molecule has 0 aliphatic heterocycles. The molecule has 0 aromatic carbocycles. The van der Waals surface area contributed by atoms with Crippen LogP contribution in [-0.2, 0) is 14.5 Å². The van der Waals surface area contributed by atoms with Gasteiger partial charge in [0.25, 0.3) is 0 Å². The lowest BCUT2D eigenvalue weighted by molar-refractivity contribution is -0.242. The monoisotopic (exact) mass is 190 g/mol. The Bertz CT molecular complexity index is 203. The Hall–Kier alpha value is -1.10. The molecule has 1 unspecified atom stereocenters. The van der Waals surface area contributed by atoms with Crippen molar-refractivity contribution in [1.82, 2.24) is 0 Å². The SMILES string of the molecule is CC(C)(C)C(CC(=O)O)C(=O)OO. The Morgan fingerprint density at radius 2 is 1.85 bits per heavy atom. The summed E-state index contributed by atoms with van der Waals surface area (Å²) >= 11 is 0. The minimum atomic E-state index is -1.09. The number of aliphatic carboxylic acids is 1. The Labute approximate surface area is 76.2 Å². The molecular formula is C8H14O5. The van der Waals surface area contributed by atoms with Crippen LogP contribution in [0.4, 0.5) is 0 Å². The number of hydrogen-bond acceptors (Lipinski definition) is 4. The fraction of sp³-hybridized carbons (Fsp3) is 0.750. The van der Waals surface area contributed by atoms with Gasteiger partial charge in [-0.05, 0) is 5.41 Å². The summed E-state index contributed by atoms with van der Waals surface area (Å²) in [6.45, 7) is 5.12. The first-order chi connectivity index (χ1) is 5.79. The van der Waals surface area contributed by atoms with E-state index in [0.717, 1.165) is 0 Å².